The van der Waals surface area contributed by atoms with Gasteiger partial charge >= 0.3 is 12.1 Å². The van der Waals surface area contributed by atoms with Crippen LogP contribution in [0.25, 0.3) is 0 Å². The molecule has 1 aromatic rings. The van der Waals surface area contributed by atoms with Crippen molar-refractivity contribution in [2.45, 2.75) is 76.9 Å². The number of alkyl halides is 3. The Labute approximate surface area is 174 Å². The Kier molecular flexibility index (Phi) is 9.11. The summed E-state index contributed by atoms with van der Waals surface area (Å²) < 4.78 is 59.1. The summed E-state index contributed by atoms with van der Waals surface area (Å²) in [6.45, 7) is 2.44. The predicted octanol–water partition coefficient (Wildman–Crippen LogP) is 5.74. The molecule has 2 rings (SSSR count). The SMILES string of the molecule is CCCCCCCCCOC(=O)C1CCCN1C(=O)c1c(F)cccc1C(F)(F)F. The molecule has 1 aromatic carbocycles. The zero-order valence-electron chi connectivity index (χ0n) is 17.3. The molecule has 0 aromatic heterocycles. The number of carbonyl (C=O) groups is 2. The maximum Gasteiger partial charge on any atom is 0.417 e. The van der Waals surface area contributed by atoms with Crippen LogP contribution in [0.4, 0.5) is 17.6 Å². The second-order valence-corrected chi connectivity index (χ2v) is 7.61. The van der Waals surface area contributed by atoms with E-state index in [1.807, 2.05) is 0 Å². The lowest BCUT2D eigenvalue weighted by atomic mass is 10.0. The zero-order chi connectivity index (χ0) is 22.1. The highest BCUT2D eigenvalue weighted by Gasteiger charge is 2.42. The Balaban J connectivity index is 1.94. The number of hydrogen-bond acceptors (Lipinski definition) is 3. The van der Waals surface area contributed by atoms with Gasteiger partial charge in [0.25, 0.3) is 5.91 Å². The number of nitrogens with zero attached hydrogens (tertiary/aromatic N) is 1. The van der Waals surface area contributed by atoms with Gasteiger partial charge in [0, 0.05) is 6.54 Å². The van der Waals surface area contributed by atoms with E-state index in [0.717, 1.165) is 36.3 Å². The fourth-order valence-electron chi connectivity index (χ4n) is 3.70. The number of hydrogen-bond donors (Lipinski definition) is 0. The highest BCUT2D eigenvalue weighted by atomic mass is 19.4. The Hall–Kier alpha value is -2.12. The summed E-state index contributed by atoms with van der Waals surface area (Å²) >= 11 is 0. The molecule has 0 spiro atoms. The minimum absolute atomic E-state index is 0.0850. The van der Waals surface area contributed by atoms with Crippen molar-refractivity contribution in [2.75, 3.05) is 13.2 Å². The van der Waals surface area contributed by atoms with Gasteiger partial charge in [0.15, 0.2) is 0 Å². The van der Waals surface area contributed by atoms with Crippen LogP contribution in [0.2, 0.25) is 0 Å². The van der Waals surface area contributed by atoms with Crippen molar-refractivity contribution in [3.63, 3.8) is 0 Å². The summed E-state index contributed by atoms with van der Waals surface area (Å²) in [5.41, 5.74) is -2.38. The summed E-state index contributed by atoms with van der Waals surface area (Å²) in [5, 5.41) is 0. The molecular formula is C22H29F4NO3. The van der Waals surface area contributed by atoms with Gasteiger partial charge < -0.3 is 9.64 Å². The first-order valence-electron chi connectivity index (χ1n) is 10.6. The monoisotopic (exact) mass is 431 g/mol. The van der Waals surface area contributed by atoms with Gasteiger partial charge in [0.05, 0.1) is 17.7 Å². The minimum Gasteiger partial charge on any atom is -0.464 e. The average molecular weight is 431 g/mol. The number of likely N-dealkylation sites (tertiary alicyclic amines) is 1. The number of esters is 1. The summed E-state index contributed by atoms with van der Waals surface area (Å²) in [4.78, 5) is 26.1. The molecule has 8 heteroatoms. The van der Waals surface area contributed by atoms with E-state index in [4.69, 9.17) is 4.74 Å². The molecule has 1 fully saturated rings. The molecule has 0 radical (unpaired) electrons. The quantitative estimate of drug-likeness (QED) is 0.270. The number of carbonyl (C=O) groups excluding carboxylic acids is 2. The van der Waals surface area contributed by atoms with Gasteiger partial charge in [-0.15, -0.1) is 0 Å². The summed E-state index contributed by atoms with van der Waals surface area (Å²) in [6, 6.07) is 1.40. The topological polar surface area (TPSA) is 46.6 Å². The van der Waals surface area contributed by atoms with Crippen LogP contribution < -0.4 is 0 Å². The second kappa shape index (κ2) is 11.3. The molecule has 0 saturated carbocycles. The van der Waals surface area contributed by atoms with Gasteiger partial charge in [-0.05, 0) is 31.4 Å². The van der Waals surface area contributed by atoms with Crippen molar-refractivity contribution in [3.05, 3.63) is 35.1 Å². The van der Waals surface area contributed by atoms with E-state index >= 15 is 0 Å². The molecule has 1 atom stereocenters. The van der Waals surface area contributed by atoms with E-state index < -0.39 is 41.0 Å². The Morgan fingerprint density at radius 1 is 1.10 bits per heavy atom. The van der Waals surface area contributed by atoms with Gasteiger partial charge in [-0.25, -0.2) is 9.18 Å². The standard InChI is InChI=1S/C22H29F4NO3/c1-2-3-4-5-6-7-8-15-30-21(29)18-13-10-14-27(18)20(28)19-16(22(24,25)26)11-9-12-17(19)23/h9,11-12,18H,2-8,10,13-15H2,1H3. The van der Waals surface area contributed by atoms with Crippen LogP contribution in [0.1, 0.15) is 80.6 Å². The van der Waals surface area contributed by atoms with Crippen LogP contribution in [-0.4, -0.2) is 36.0 Å². The molecule has 1 heterocycles. The predicted molar refractivity (Wildman–Crippen MR) is 104 cm³/mol. The Bertz CT molecular complexity index is 721. The number of ether oxygens (including phenoxy) is 1. The molecule has 30 heavy (non-hydrogen) atoms. The van der Waals surface area contributed by atoms with Gasteiger partial charge in [-0.1, -0.05) is 51.5 Å². The van der Waals surface area contributed by atoms with Crippen molar-refractivity contribution in [1.29, 1.82) is 0 Å². The smallest absolute Gasteiger partial charge is 0.417 e. The van der Waals surface area contributed by atoms with Crippen molar-refractivity contribution >= 4 is 11.9 Å². The third kappa shape index (κ3) is 6.44. The number of amides is 1. The lowest BCUT2D eigenvalue weighted by Crippen LogP contribution is -2.42. The van der Waals surface area contributed by atoms with Crippen LogP contribution in [0, 0.1) is 5.82 Å². The van der Waals surface area contributed by atoms with E-state index in [1.54, 1.807) is 0 Å². The van der Waals surface area contributed by atoms with E-state index in [9.17, 15) is 27.2 Å². The second-order valence-electron chi connectivity index (χ2n) is 7.61. The number of halogens is 4. The zero-order valence-corrected chi connectivity index (χ0v) is 17.3. The summed E-state index contributed by atoms with van der Waals surface area (Å²) in [7, 11) is 0. The maximum absolute atomic E-state index is 14.1. The van der Waals surface area contributed by atoms with E-state index in [0.29, 0.717) is 18.9 Å². The first-order chi connectivity index (χ1) is 14.3. The van der Waals surface area contributed by atoms with Crippen LogP contribution in [-0.2, 0) is 15.7 Å². The van der Waals surface area contributed by atoms with Crippen molar-refractivity contribution in [3.8, 4) is 0 Å². The number of rotatable bonds is 10. The molecule has 4 nitrogen and oxygen atoms in total. The van der Waals surface area contributed by atoms with Gasteiger partial charge in [-0.3, -0.25) is 4.79 Å². The van der Waals surface area contributed by atoms with Gasteiger partial charge in [-0.2, -0.15) is 13.2 Å². The third-order valence-electron chi connectivity index (χ3n) is 5.31. The first kappa shape index (κ1) is 24.2. The third-order valence-corrected chi connectivity index (χ3v) is 5.31. The number of benzene rings is 1. The van der Waals surface area contributed by atoms with E-state index in [1.165, 1.54) is 19.3 Å². The van der Waals surface area contributed by atoms with Crippen LogP contribution in [0.5, 0.6) is 0 Å². The molecule has 1 saturated heterocycles. The van der Waals surface area contributed by atoms with Crippen LogP contribution in [0.15, 0.2) is 18.2 Å². The fourth-order valence-corrected chi connectivity index (χ4v) is 3.70. The Morgan fingerprint density at radius 2 is 1.77 bits per heavy atom. The largest absolute Gasteiger partial charge is 0.464 e. The highest BCUT2D eigenvalue weighted by molar-refractivity contribution is 5.98. The summed E-state index contributed by atoms with van der Waals surface area (Å²) in [6.07, 6.45) is 3.24. The molecule has 0 bridgehead atoms. The van der Waals surface area contributed by atoms with Crippen LogP contribution >= 0.6 is 0 Å². The molecule has 1 unspecified atom stereocenters. The molecule has 1 amide bonds. The van der Waals surface area contributed by atoms with Crippen LogP contribution in [0.3, 0.4) is 0 Å². The molecule has 168 valence electrons. The van der Waals surface area contributed by atoms with Crippen molar-refractivity contribution in [2.24, 2.45) is 0 Å². The summed E-state index contributed by atoms with van der Waals surface area (Å²) in [5.74, 6) is -3.02. The van der Waals surface area contributed by atoms with Gasteiger partial charge in [0.2, 0.25) is 0 Å². The van der Waals surface area contributed by atoms with E-state index in [-0.39, 0.29) is 19.6 Å². The molecular weight excluding hydrogens is 402 g/mol. The maximum atomic E-state index is 14.1. The highest BCUT2D eigenvalue weighted by Crippen LogP contribution is 2.34. The molecule has 0 N–H and O–H groups in total. The molecule has 0 aliphatic carbocycles. The lowest BCUT2D eigenvalue weighted by molar-refractivity contribution is -0.148. The van der Waals surface area contributed by atoms with Crippen molar-refractivity contribution in [1.82, 2.24) is 4.90 Å². The molecule has 1 aliphatic heterocycles. The minimum atomic E-state index is -4.88. The Morgan fingerprint density at radius 3 is 2.43 bits per heavy atom. The average Bonchev–Trinajstić information content (AvgIpc) is 3.18. The first-order valence-corrected chi connectivity index (χ1v) is 10.6. The van der Waals surface area contributed by atoms with Gasteiger partial charge in [0.1, 0.15) is 11.9 Å². The van der Waals surface area contributed by atoms with E-state index in [2.05, 4.69) is 6.92 Å². The number of unbranched alkanes of at least 4 members (excludes halogenated alkanes) is 6. The van der Waals surface area contributed by atoms with Crippen molar-refractivity contribution < 1.29 is 31.9 Å². The normalized spacial score (nSPS) is 16.7. The molecule has 1 aliphatic rings. The lowest BCUT2D eigenvalue weighted by Gasteiger charge is -2.25. The fraction of sp³-hybridized carbons (Fsp3) is 0.636.